The maximum atomic E-state index is 5.72. The van der Waals surface area contributed by atoms with Crippen LogP contribution in [-0.4, -0.2) is 19.6 Å². The van der Waals surface area contributed by atoms with Crippen molar-refractivity contribution >= 4 is 23.2 Å². The number of guanidine groups is 1. The summed E-state index contributed by atoms with van der Waals surface area (Å²) in [6.07, 6.45) is 0. The van der Waals surface area contributed by atoms with Crippen LogP contribution in [0, 0.1) is 0 Å². The molecule has 0 fully saturated rings. The molecule has 4 nitrogen and oxygen atoms in total. The molecule has 0 unspecified atom stereocenters. The fourth-order valence-corrected chi connectivity index (χ4v) is 1.33. The van der Waals surface area contributed by atoms with Crippen molar-refractivity contribution in [1.29, 1.82) is 0 Å². The van der Waals surface area contributed by atoms with Crippen LogP contribution in [0.15, 0.2) is 40.9 Å². The summed E-state index contributed by atoms with van der Waals surface area (Å²) in [4.78, 5) is 4.03. The lowest BCUT2D eigenvalue weighted by molar-refractivity contribution is 0.185. The second kappa shape index (κ2) is 6.93. The Kier molecular flexibility index (Phi) is 5.52. The number of ether oxygens (including phenoxy) is 1. The molecule has 0 spiro atoms. The molecule has 0 saturated heterocycles. The van der Waals surface area contributed by atoms with Crippen molar-refractivity contribution in [2.75, 3.05) is 19.0 Å². The smallest absolute Gasteiger partial charge is 0.193 e. The third-order valence-electron chi connectivity index (χ3n) is 2.00. The Bertz CT molecular complexity index is 418. The molecule has 0 saturated carbocycles. The van der Waals surface area contributed by atoms with Crippen LogP contribution < -0.4 is 11.1 Å². The number of nitrogens with two attached hydrogens (primary N) is 1. The van der Waals surface area contributed by atoms with E-state index in [0.717, 1.165) is 11.3 Å². The van der Waals surface area contributed by atoms with E-state index < -0.39 is 0 Å². The van der Waals surface area contributed by atoms with Crippen LogP contribution in [-0.2, 0) is 11.3 Å². The van der Waals surface area contributed by atoms with Crippen LogP contribution in [0.1, 0.15) is 5.56 Å². The summed E-state index contributed by atoms with van der Waals surface area (Å²) in [5.41, 5.74) is 7.60. The minimum absolute atomic E-state index is 0.298. The second-order valence-electron chi connectivity index (χ2n) is 3.43. The number of rotatable bonds is 5. The monoisotopic (exact) mass is 253 g/mol. The van der Waals surface area contributed by atoms with Gasteiger partial charge in [-0.3, -0.25) is 0 Å². The molecule has 0 atom stereocenters. The molecular weight excluding hydrogens is 238 g/mol. The van der Waals surface area contributed by atoms with Crippen molar-refractivity contribution in [3.05, 3.63) is 41.4 Å². The first-order chi connectivity index (χ1) is 8.13. The molecule has 0 aliphatic heterocycles. The zero-order valence-electron chi connectivity index (χ0n) is 9.74. The van der Waals surface area contributed by atoms with Gasteiger partial charge in [0.25, 0.3) is 0 Å². The molecule has 92 valence electrons. The minimum atomic E-state index is 0.298. The number of hydrogen-bond donors (Lipinski definition) is 2. The van der Waals surface area contributed by atoms with Crippen LogP contribution >= 0.6 is 11.6 Å². The Morgan fingerprint density at radius 1 is 1.53 bits per heavy atom. The van der Waals surface area contributed by atoms with E-state index in [1.54, 1.807) is 7.11 Å². The summed E-state index contributed by atoms with van der Waals surface area (Å²) in [7, 11) is 1.64. The molecule has 0 aliphatic carbocycles. The second-order valence-corrected chi connectivity index (χ2v) is 3.97. The predicted molar refractivity (Wildman–Crippen MR) is 72.3 cm³/mol. The number of methoxy groups -OCH3 is 1. The zero-order chi connectivity index (χ0) is 12.7. The number of halogens is 1. The van der Waals surface area contributed by atoms with Gasteiger partial charge in [0.15, 0.2) is 5.96 Å². The zero-order valence-corrected chi connectivity index (χ0v) is 10.5. The minimum Gasteiger partial charge on any atom is -0.380 e. The summed E-state index contributed by atoms with van der Waals surface area (Å²) in [6, 6.07) is 7.72. The van der Waals surface area contributed by atoms with E-state index in [4.69, 9.17) is 22.1 Å². The molecule has 0 bridgehead atoms. The third-order valence-corrected chi connectivity index (χ3v) is 2.12. The molecule has 0 radical (unpaired) electrons. The molecule has 0 aliphatic rings. The summed E-state index contributed by atoms with van der Waals surface area (Å²) >= 11 is 5.60. The lowest BCUT2D eigenvalue weighted by atomic mass is 10.2. The molecule has 1 aromatic rings. The van der Waals surface area contributed by atoms with Gasteiger partial charge in [-0.25, -0.2) is 4.99 Å². The number of aliphatic imine (C=N–C) groups is 1. The van der Waals surface area contributed by atoms with E-state index in [-0.39, 0.29) is 0 Å². The first-order valence-electron chi connectivity index (χ1n) is 5.10. The van der Waals surface area contributed by atoms with E-state index in [2.05, 4.69) is 16.9 Å². The van der Waals surface area contributed by atoms with E-state index in [1.807, 2.05) is 24.3 Å². The van der Waals surface area contributed by atoms with Crippen LogP contribution in [0.2, 0.25) is 0 Å². The SMILES string of the molecule is C=C(Cl)CN=C(N)Nc1ccccc1COC. The van der Waals surface area contributed by atoms with Crippen molar-refractivity contribution in [2.45, 2.75) is 6.61 Å². The average Bonchev–Trinajstić information content (AvgIpc) is 2.29. The molecule has 3 N–H and O–H groups in total. The summed E-state index contributed by atoms with van der Waals surface area (Å²) < 4.78 is 5.09. The third kappa shape index (κ3) is 4.89. The lowest BCUT2D eigenvalue weighted by Gasteiger charge is -2.10. The molecule has 1 rings (SSSR count). The lowest BCUT2D eigenvalue weighted by Crippen LogP contribution is -2.23. The van der Waals surface area contributed by atoms with E-state index in [1.165, 1.54) is 0 Å². The summed E-state index contributed by atoms with van der Waals surface area (Å²) in [5, 5.41) is 3.44. The highest BCUT2D eigenvalue weighted by Gasteiger charge is 2.02. The highest BCUT2D eigenvalue weighted by Crippen LogP contribution is 2.15. The molecule has 0 heterocycles. The van der Waals surface area contributed by atoms with Crippen molar-refractivity contribution in [1.82, 2.24) is 0 Å². The van der Waals surface area contributed by atoms with Gasteiger partial charge in [-0.1, -0.05) is 36.4 Å². The Hall–Kier alpha value is -1.52. The fraction of sp³-hybridized carbons (Fsp3) is 0.250. The quantitative estimate of drug-likeness (QED) is 0.625. The summed E-state index contributed by atoms with van der Waals surface area (Å²) in [6.45, 7) is 4.35. The van der Waals surface area contributed by atoms with Crippen molar-refractivity contribution in [3.8, 4) is 0 Å². The number of nitrogens with zero attached hydrogens (tertiary/aromatic N) is 1. The van der Waals surface area contributed by atoms with Crippen LogP contribution in [0.4, 0.5) is 5.69 Å². The number of para-hydroxylation sites is 1. The largest absolute Gasteiger partial charge is 0.380 e. The molecule has 1 aromatic carbocycles. The maximum Gasteiger partial charge on any atom is 0.193 e. The summed E-state index contributed by atoms with van der Waals surface area (Å²) in [5.74, 6) is 0.301. The van der Waals surface area contributed by atoms with Crippen LogP contribution in [0.5, 0.6) is 0 Å². The fourth-order valence-electron chi connectivity index (χ4n) is 1.27. The van der Waals surface area contributed by atoms with E-state index >= 15 is 0 Å². The van der Waals surface area contributed by atoms with Gasteiger partial charge >= 0.3 is 0 Å². The topological polar surface area (TPSA) is 59.6 Å². The maximum absolute atomic E-state index is 5.72. The number of benzene rings is 1. The van der Waals surface area contributed by atoms with E-state index in [0.29, 0.717) is 24.1 Å². The Morgan fingerprint density at radius 2 is 2.24 bits per heavy atom. The van der Waals surface area contributed by atoms with E-state index in [9.17, 15) is 0 Å². The first-order valence-corrected chi connectivity index (χ1v) is 5.48. The first kappa shape index (κ1) is 13.5. The van der Waals surface area contributed by atoms with Crippen LogP contribution in [0.3, 0.4) is 0 Å². The van der Waals surface area contributed by atoms with Gasteiger partial charge in [-0.2, -0.15) is 0 Å². The Balaban J connectivity index is 2.73. The molecular formula is C12H16ClN3O. The highest BCUT2D eigenvalue weighted by molar-refractivity contribution is 6.29. The van der Waals surface area contributed by atoms with Gasteiger partial charge in [0.2, 0.25) is 0 Å². The standard InChI is InChI=1S/C12H16ClN3O/c1-9(13)7-15-12(14)16-11-6-4-3-5-10(11)8-17-2/h3-6H,1,7-8H2,2H3,(H3,14,15,16). The molecule has 0 aromatic heterocycles. The number of anilines is 1. The van der Waals surface area contributed by atoms with Crippen molar-refractivity contribution in [3.63, 3.8) is 0 Å². The molecule has 17 heavy (non-hydrogen) atoms. The molecule has 0 amide bonds. The number of hydrogen-bond acceptors (Lipinski definition) is 2. The van der Waals surface area contributed by atoms with Crippen molar-refractivity contribution < 1.29 is 4.74 Å². The highest BCUT2D eigenvalue weighted by atomic mass is 35.5. The van der Waals surface area contributed by atoms with Gasteiger partial charge in [0.1, 0.15) is 0 Å². The van der Waals surface area contributed by atoms with Gasteiger partial charge in [0, 0.05) is 23.4 Å². The van der Waals surface area contributed by atoms with Crippen LogP contribution in [0.25, 0.3) is 0 Å². The van der Waals surface area contributed by atoms with Crippen molar-refractivity contribution in [2.24, 2.45) is 10.7 Å². The van der Waals surface area contributed by atoms with Gasteiger partial charge in [-0.15, -0.1) is 0 Å². The van der Waals surface area contributed by atoms with Gasteiger partial charge in [-0.05, 0) is 6.07 Å². The van der Waals surface area contributed by atoms with Gasteiger partial charge in [0.05, 0.1) is 13.2 Å². The Morgan fingerprint density at radius 3 is 2.88 bits per heavy atom. The Labute approximate surface area is 106 Å². The number of nitrogens with one attached hydrogen (secondary N) is 1. The predicted octanol–water partition coefficient (Wildman–Crippen LogP) is 2.31. The average molecular weight is 254 g/mol. The normalized spacial score (nSPS) is 11.3. The van der Waals surface area contributed by atoms with Gasteiger partial charge < -0.3 is 15.8 Å². The molecule has 5 heteroatoms.